The molecular weight excluding hydrogens is 675 g/mol. The minimum atomic E-state index is -2.31. The van der Waals surface area contributed by atoms with Gasteiger partial charge in [-0.1, -0.05) is 121 Å². The molecule has 53 heavy (non-hydrogen) atoms. The molecule has 0 aromatic heterocycles. The smallest absolute Gasteiger partial charge is 0.226 e. The highest BCUT2D eigenvalue weighted by Crippen LogP contribution is 2.46. The highest BCUT2D eigenvalue weighted by atomic mass is 19.1. The minimum Gasteiger partial charge on any atom is -0.488 e. The SMILES string of the molecule is COC(OC)c1cc(C2(O)O[C@H](COCc3ccccc3)[C@@H](F)[C@H](OCc3ccccc3)[C@H]2OCc2ccccc2)c(OCc2ccccc2)cc1C. The van der Waals surface area contributed by atoms with Crippen molar-refractivity contribution in [2.24, 2.45) is 0 Å². The van der Waals surface area contributed by atoms with E-state index in [2.05, 4.69) is 0 Å². The summed E-state index contributed by atoms with van der Waals surface area (Å²) in [5, 5.41) is 13.2. The van der Waals surface area contributed by atoms with Crippen molar-refractivity contribution in [2.75, 3.05) is 20.8 Å². The molecule has 1 aliphatic heterocycles. The second-order valence-electron chi connectivity index (χ2n) is 13.1. The van der Waals surface area contributed by atoms with Crippen LogP contribution in [0, 0.1) is 6.92 Å². The number of benzene rings is 5. The van der Waals surface area contributed by atoms with E-state index in [1.165, 1.54) is 14.2 Å². The Labute approximate surface area is 311 Å². The van der Waals surface area contributed by atoms with Crippen molar-refractivity contribution in [3.63, 3.8) is 0 Å². The van der Waals surface area contributed by atoms with Gasteiger partial charge >= 0.3 is 0 Å². The molecule has 5 aromatic rings. The number of methoxy groups -OCH3 is 2. The average molecular weight is 723 g/mol. The van der Waals surface area contributed by atoms with Crippen LogP contribution in [-0.4, -0.2) is 50.4 Å². The minimum absolute atomic E-state index is 0.0436. The normalized spacial score (nSPS) is 21.5. The van der Waals surface area contributed by atoms with Crippen LogP contribution in [0.2, 0.25) is 0 Å². The quantitative estimate of drug-likeness (QED) is 0.0964. The summed E-state index contributed by atoms with van der Waals surface area (Å²) in [5.74, 6) is -1.99. The van der Waals surface area contributed by atoms with Gasteiger partial charge in [0.1, 0.15) is 30.7 Å². The third kappa shape index (κ3) is 9.57. The van der Waals surface area contributed by atoms with E-state index in [4.69, 9.17) is 33.2 Å². The molecule has 0 bridgehead atoms. The standard InChI is InChI=1S/C44H47FO8/c1-31-24-38(50-27-33-18-10-5-11-19-33)37(25-36(31)43(47-2)48-3)44(46)42(52-29-35-22-14-7-15-23-35)41(51-28-34-20-12-6-13-21-34)40(45)39(53-44)30-49-26-32-16-8-4-9-17-32/h4-25,39-43,46H,26-30H2,1-3H3/t39-,40-,41+,42-,44?/m1/s1. The lowest BCUT2D eigenvalue weighted by molar-refractivity contribution is -0.367. The first-order valence-electron chi connectivity index (χ1n) is 17.7. The van der Waals surface area contributed by atoms with E-state index in [1.807, 2.05) is 128 Å². The summed E-state index contributed by atoms with van der Waals surface area (Å²) < 4.78 is 60.3. The number of ether oxygens (including phenoxy) is 7. The van der Waals surface area contributed by atoms with Gasteiger partial charge in [0.25, 0.3) is 0 Å². The number of halogens is 1. The summed E-state index contributed by atoms with van der Waals surface area (Å²) in [4.78, 5) is 0. The molecule has 9 heteroatoms. The van der Waals surface area contributed by atoms with Crippen LogP contribution in [0.25, 0.3) is 0 Å². The Bertz CT molecular complexity index is 1820. The number of hydrogen-bond acceptors (Lipinski definition) is 8. The van der Waals surface area contributed by atoms with Crippen molar-refractivity contribution < 1.29 is 42.7 Å². The summed E-state index contributed by atoms with van der Waals surface area (Å²) >= 11 is 0. The van der Waals surface area contributed by atoms with Gasteiger partial charge in [0.2, 0.25) is 5.79 Å². The summed E-state index contributed by atoms with van der Waals surface area (Å²) in [6.07, 6.45) is -6.45. The summed E-state index contributed by atoms with van der Waals surface area (Å²) in [6.45, 7) is 2.25. The van der Waals surface area contributed by atoms with Crippen LogP contribution >= 0.6 is 0 Å². The lowest BCUT2D eigenvalue weighted by Gasteiger charge is -2.48. The molecule has 0 aliphatic carbocycles. The Hall–Kier alpha value is -4.45. The zero-order chi connectivity index (χ0) is 37.0. The zero-order valence-corrected chi connectivity index (χ0v) is 30.3. The van der Waals surface area contributed by atoms with Crippen molar-refractivity contribution in [3.8, 4) is 5.75 Å². The number of hydrogen-bond donors (Lipinski definition) is 1. The summed E-state index contributed by atoms with van der Waals surface area (Å²) in [6, 6.07) is 41.8. The second-order valence-corrected chi connectivity index (χ2v) is 13.1. The van der Waals surface area contributed by atoms with E-state index in [-0.39, 0.29) is 38.6 Å². The highest BCUT2D eigenvalue weighted by Gasteiger charge is 2.58. The van der Waals surface area contributed by atoms with Crippen LogP contribution in [0.15, 0.2) is 133 Å². The number of alkyl halides is 1. The molecule has 6 rings (SSSR count). The van der Waals surface area contributed by atoms with E-state index in [9.17, 15) is 5.11 Å². The van der Waals surface area contributed by atoms with E-state index in [0.29, 0.717) is 11.3 Å². The van der Waals surface area contributed by atoms with Gasteiger partial charge in [-0.25, -0.2) is 4.39 Å². The predicted molar refractivity (Wildman–Crippen MR) is 199 cm³/mol. The van der Waals surface area contributed by atoms with Gasteiger partial charge in [-0.3, -0.25) is 0 Å². The molecule has 0 amide bonds. The topological polar surface area (TPSA) is 84.8 Å². The van der Waals surface area contributed by atoms with Gasteiger partial charge in [0, 0.05) is 19.8 Å². The van der Waals surface area contributed by atoms with E-state index >= 15 is 4.39 Å². The van der Waals surface area contributed by atoms with Crippen molar-refractivity contribution in [2.45, 2.75) is 69.9 Å². The fraction of sp³-hybridized carbons (Fsp3) is 0.318. The van der Waals surface area contributed by atoms with Gasteiger partial charge in [-0.2, -0.15) is 0 Å². The Morgan fingerprint density at radius 1 is 0.679 bits per heavy atom. The van der Waals surface area contributed by atoms with Crippen LogP contribution in [0.4, 0.5) is 4.39 Å². The molecule has 1 fully saturated rings. The van der Waals surface area contributed by atoms with Crippen molar-refractivity contribution in [1.29, 1.82) is 0 Å². The largest absolute Gasteiger partial charge is 0.488 e. The van der Waals surface area contributed by atoms with Crippen molar-refractivity contribution in [1.82, 2.24) is 0 Å². The molecule has 5 atom stereocenters. The zero-order valence-electron chi connectivity index (χ0n) is 30.3. The molecule has 0 spiro atoms. The van der Waals surface area contributed by atoms with Gasteiger partial charge in [0.15, 0.2) is 12.5 Å². The number of aryl methyl sites for hydroxylation is 1. The van der Waals surface area contributed by atoms with E-state index < -0.39 is 36.6 Å². The predicted octanol–water partition coefficient (Wildman–Crippen LogP) is 8.14. The average Bonchev–Trinajstić information content (AvgIpc) is 3.20. The molecule has 1 saturated heterocycles. The Kier molecular flexibility index (Phi) is 13.4. The summed E-state index contributed by atoms with van der Waals surface area (Å²) in [7, 11) is 3.07. The summed E-state index contributed by atoms with van der Waals surface area (Å²) in [5.41, 5.74) is 5.11. The van der Waals surface area contributed by atoms with E-state index in [1.54, 1.807) is 12.1 Å². The molecule has 1 unspecified atom stereocenters. The molecule has 5 aromatic carbocycles. The van der Waals surface area contributed by atoms with Gasteiger partial charge in [-0.05, 0) is 46.9 Å². The van der Waals surface area contributed by atoms with Gasteiger partial charge < -0.3 is 38.3 Å². The Morgan fingerprint density at radius 3 is 1.70 bits per heavy atom. The molecular formula is C44H47FO8. The van der Waals surface area contributed by atoms with Crippen LogP contribution in [0.1, 0.15) is 45.2 Å². The first-order valence-corrected chi connectivity index (χ1v) is 17.7. The van der Waals surface area contributed by atoms with Gasteiger partial charge in [0.05, 0.1) is 32.0 Å². The third-order valence-corrected chi connectivity index (χ3v) is 9.31. The molecule has 8 nitrogen and oxygen atoms in total. The monoisotopic (exact) mass is 722 g/mol. The number of aliphatic hydroxyl groups is 1. The van der Waals surface area contributed by atoms with Crippen molar-refractivity contribution >= 4 is 0 Å². The van der Waals surface area contributed by atoms with Gasteiger partial charge in [-0.15, -0.1) is 0 Å². The lowest BCUT2D eigenvalue weighted by atomic mass is 9.86. The Morgan fingerprint density at radius 2 is 1.17 bits per heavy atom. The maximum atomic E-state index is 17.0. The molecule has 1 heterocycles. The van der Waals surface area contributed by atoms with E-state index in [0.717, 1.165) is 27.8 Å². The molecule has 1 aliphatic rings. The fourth-order valence-corrected chi connectivity index (χ4v) is 6.52. The maximum Gasteiger partial charge on any atom is 0.226 e. The first kappa shape index (κ1) is 38.3. The van der Waals surface area contributed by atoms with Crippen molar-refractivity contribution in [3.05, 3.63) is 172 Å². The maximum absolute atomic E-state index is 17.0. The van der Waals surface area contributed by atoms with Crippen LogP contribution in [-0.2, 0) is 60.6 Å². The van der Waals surface area contributed by atoms with Crippen LogP contribution < -0.4 is 4.74 Å². The third-order valence-electron chi connectivity index (χ3n) is 9.31. The van der Waals surface area contributed by atoms with Crippen LogP contribution in [0.3, 0.4) is 0 Å². The van der Waals surface area contributed by atoms with Crippen LogP contribution in [0.5, 0.6) is 5.75 Å². The molecule has 0 radical (unpaired) electrons. The molecule has 0 saturated carbocycles. The fourth-order valence-electron chi connectivity index (χ4n) is 6.52. The Balaban J connectivity index is 1.44. The second kappa shape index (κ2) is 18.5. The number of rotatable bonds is 17. The highest BCUT2D eigenvalue weighted by molar-refractivity contribution is 5.46. The lowest BCUT2D eigenvalue weighted by Crippen LogP contribution is -2.64. The molecule has 1 N–H and O–H groups in total. The molecule has 278 valence electrons. The first-order chi connectivity index (χ1) is 25.9.